The van der Waals surface area contributed by atoms with Crippen molar-refractivity contribution in [3.8, 4) is 28.1 Å². The van der Waals surface area contributed by atoms with Crippen LogP contribution in [0.15, 0.2) is 90.2 Å². The van der Waals surface area contributed by atoms with Crippen molar-refractivity contribution in [2.45, 2.75) is 11.7 Å². The number of ether oxygens (including phenoxy) is 1. The monoisotopic (exact) mass is 427 g/mol. The second-order valence-corrected chi connectivity index (χ2v) is 8.29. The maximum atomic E-state index is 12.5. The summed E-state index contributed by atoms with van der Waals surface area (Å²) in [4.78, 5) is 17.2. The Morgan fingerprint density at radius 1 is 0.968 bits per heavy atom. The number of fused-ring (bicyclic) bond motifs is 1. The summed E-state index contributed by atoms with van der Waals surface area (Å²) in [6.07, 6.45) is 2.05. The number of amides is 1. The second kappa shape index (κ2) is 8.70. The van der Waals surface area contributed by atoms with Crippen LogP contribution in [-0.4, -0.2) is 27.8 Å². The molecule has 31 heavy (non-hydrogen) atoms. The number of aromatic nitrogens is 2. The number of hydrogen-bond donors (Lipinski definition) is 1. The molecule has 0 aliphatic carbocycles. The molecule has 1 aliphatic heterocycles. The Morgan fingerprint density at radius 2 is 1.71 bits per heavy atom. The number of anilines is 1. The van der Waals surface area contributed by atoms with Crippen LogP contribution in [0.25, 0.3) is 22.4 Å². The molecule has 4 aromatic rings. The van der Waals surface area contributed by atoms with E-state index in [4.69, 9.17) is 9.72 Å². The number of para-hydroxylation sites is 1. The van der Waals surface area contributed by atoms with Crippen molar-refractivity contribution >= 4 is 23.4 Å². The lowest BCUT2D eigenvalue weighted by Gasteiger charge is -2.11. The first-order valence-electron chi connectivity index (χ1n) is 10.1. The van der Waals surface area contributed by atoms with Gasteiger partial charge in [-0.05, 0) is 29.3 Å². The Hall–Kier alpha value is -3.51. The Kier molecular flexibility index (Phi) is 5.46. The molecule has 0 saturated carbocycles. The average molecular weight is 428 g/mol. The van der Waals surface area contributed by atoms with Crippen LogP contribution in [0.4, 0.5) is 5.69 Å². The molecular weight excluding hydrogens is 406 g/mol. The van der Waals surface area contributed by atoms with E-state index < -0.39 is 0 Å². The third-order valence-corrected chi connectivity index (χ3v) is 6.08. The summed E-state index contributed by atoms with van der Waals surface area (Å²) in [5.41, 5.74) is 4.77. The van der Waals surface area contributed by atoms with Crippen molar-refractivity contribution in [2.24, 2.45) is 0 Å². The van der Waals surface area contributed by atoms with E-state index in [2.05, 4.69) is 22.0 Å². The molecule has 154 valence electrons. The van der Waals surface area contributed by atoms with E-state index in [1.54, 1.807) is 11.8 Å². The van der Waals surface area contributed by atoms with Crippen LogP contribution in [0.2, 0.25) is 0 Å². The molecule has 1 aromatic heterocycles. The van der Waals surface area contributed by atoms with E-state index in [1.165, 1.54) is 0 Å². The number of benzene rings is 3. The van der Waals surface area contributed by atoms with Gasteiger partial charge in [-0.15, -0.1) is 0 Å². The molecule has 5 rings (SSSR count). The minimum atomic E-state index is -0.208. The van der Waals surface area contributed by atoms with Gasteiger partial charge in [0.05, 0.1) is 11.4 Å². The van der Waals surface area contributed by atoms with E-state index in [-0.39, 0.29) is 12.5 Å². The number of carbonyl (C=O) groups excluding carboxylic acids is 1. The second-order valence-electron chi connectivity index (χ2n) is 7.22. The summed E-state index contributed by atoms with van der Waals surface area (Å²) in [5.74, 6) is 1.51. The number of nitrogens with one attached hydrogen (secondary N) is 1. The lowest BCUT2D eigenvalue weighted by molar-refractivity contribution is -0.118. The third kappa shape index (κ3) is 4.34. The Balaban J connectivity index is 1.23. The topological polar surface area (TPSA) is 56.1 Å². The SMILES string of the molecule is O=C(COc1ccc(-c2ccccc2)cc1)Nc1ccccc1-c1cn2c(n1)SCC2. The molecule has 0 radical (unpaired) electrons. The van der Waals surface area contributed by atoms with Gasteiger partial charge in [0.1, 0.15) is 5.75 Å². The zero-order valence-electron chi connectivity index (χ0n) is 16.8. The van der Waals surface area contributed by atoms with Gasteiger partial charge in [-0.3, -0.25) is 4.79 Å². The number of imidazole rings is 1. The first-order valence-corrected chi connectivity index (χ1v) is 11.1. The molecule has 1 aliphatic rings. The van der Waals surface area contributed by atoms with Gasteiger partial charge in [-0.2, -0.15) is 0 Å². The molecule has 2 heterocycles. The Labute approximate surface area is 185 Å². The first-order chi connectivity index (χ1) is 15.3. The molecule has 0 bridgehead atoms. The molecule has 5 nitrogen and oxygen atoms in total. The van der Waals surface area contributed by atoms with Gasteiger partial charge in [0.15, 0.2) is 11.8 Å². The summed E-state index contributed by atoms with van der Waals surface area (Å²) in [5, 5.41) is 3.99. The fraction of sp³-hybridized carbons (Fsp3) is 0.120. The van der Waals surface area contributed by atoms with Crippen LogP contribution in [-0.2, 0) is 11.3 Å². The molecule has 0 saturated heterocycles. The summed E-state index contributed by atoms with van der Waals surface area (Å²) in [7, 11) is 0. The Morgan fingerprint density at radius 3 is 2.52 bits per heavy atom. The summed E-state index contributed by atoms with van der Waals surface area (Å²) in [6, 6.07) is 25.6. The standard InChI is InChI=1S/C25H21N3O2S/c29-24(17-30-20-12-10-19(11-13-20)18-6-2-1-3-7-18)26-22-9-5-4-8-21(22)23-16-28-14-15-31-25(28)27-23/h1-13,16H,14-15,17H2,(H,26,29). The lowest BCUT2D eigenvalue weighted by Crippen LogP contribution is -2.20. The zero-order chi connectivity index (χ0) is 21.0. The normalized spacial score (nSPS) is 12.4. The third-order valence-electron chi connectivity index (χ3n) is 5.11. The minimum absolute atomic E-state index is 0.0610. The van der Waals surface area contributed by atoms with E-state index in [1.807, 2.05) is 72.9 Å². The highest BCUT2D eigenvalue weighted by molar-refractivity contribution is 7.99. The number of nitrogens with zero attached hydrogens (tertiary/aromatic N) is 2. The molecule has 1 amide bonds. The largest absolute Gasteiger partial charge is 0.484 e. The van der Waals surface area contributed by atoms with E-state index in [0.29, 0.717) is 5.75 Å². The first kappa shape index (κ1) is 19.5. The zero-order valence-corrected chi connectivity index (χ0v) is 17.6. The van der Waals surface area contributed by atoms with Crippen molar-refractivity contribution in [3.05, 3.63) is 85.1 Å². The van der Waals surface area contributed by atoms with E-state index in [0.717, 1.165) is 45.5 Å². The average Bonchev–Trinajstić information content (AvgIpc) is 3.42. The molecule has 0 unspecified atom stereocenters. The van der Waals surface area contributed by atoms with Crippen molar-refractivity contribution in [1.29, 1.82) is 0 Å². The van der Waals surface area contributed by atoms with Gasteiger partial charge in [0, 0.05) is 24.1 Å². The van der Waals surface area contributed by atoms with E-state index in [9.17, 15) is 4.79 Å². The van der Waals surface area contributed by atoms with Crippen LogP contribution in [0.1, 0.15) is 0 Å². The molecule has 0 fully saturated rings. The van der Waals surface area contributed by atoms with Crippen LogP contribution in [0.3, 0.4) is 0 Å². The lowest BCUT2D eigenvalue weighted by atomic mass is 10.1. The fourth-order valence-corrected chi connectivity index (χ4v) is 4.51. The molecule has 0 spiro atoms. The van der Waals surface area contributed by atoms with Gasteiger partial charge in [0.25, 0.3) is 5.91 Å². The number of thioether (sulfide) groups is 1. The summed E-state index contributed by atoms with van der Waals surface area (Å²) >= 11 is 1.75. The predicted octanol–water partition coefficient (Wildman–Crippen LogP) is 5.34. The summed E-state index contributed by atoms with van der Waals surface area (Å²) in [6.45, 7) is 0.910. The molecule has 0 atom stereocenters. The number of hydrogen-bond acceptors (Lipinski definition) is 4. The van der Waals surface area contributed by atoms with Gasteiger partial charge in [0.2, 0.25) is 0 Å². The maximum absolute atomic E-state index is 12.5. The molecule has 1 N–H and O–H groups in total. The van der Waals surface area contributed by atoms with Gasteiger partial charge < -0.3 is 14.6 Å². The van der Waals surface area contributed by atoms with Crippen molar-refractivity contribution in [1.82, 2.24) is 9.55 Å². The smallest absolute Gasteiger partial charge is 0.262 e. The van der Waals surface area contributed by atoms with Crippen molar-refractivity contribution in [2.75, 3.05) is 17.7 Å². The highest BCUT2D eigenvalue weighted by atomic mass is 32.2. The maximum Gasteiger partial charge on any atom is 0.262 e. The number of aryl methyl sites for hydroxylation is 1. The van der Waals surface area contributed by atoms with Gasteiger partial charge >= 0.3 is 0 Å². The van der Waals surface area contributed by atoms with Gasteiger partial charge in [-0.1, -0.05) is 72.4 Å². The van der Waals surface area contributed by atoms with Crippen molar-refractivity contribution in [3.63, 3.8) is 0 Å². The molecule has 6 heteroatoms. The Bertz CT molecular complexity index is 1180. The predicted molar refractivity (Wildman–Crippen MR) is 124 cm³/mol. The highest BCUT2D eigenvalue weighted by Crippen LogP contribution is 2.32. The number of rotatable bonds is 6. The van der Waals surface area contributed by atoms with Crippen LogP contribution >= 0.6 is 11.8 Å². The fourth-order valence-electron chi connectivity index (χ4n) is 3.56. The quantitative estimate of drug-likeness (QED) is 0.451. The number of carbonyl (C=O) groups is 1. The van der Waals surface area contributed by atoms with Crippen LogP contribution < -0.4 is 10.1 Å². The van der Waals surface area contributed by atoms with Crippen LogP contribution in [0, 0.1) is 0 Å². The molecule has 3 aromatic carbocycles. The van der Waals surface area contributed by atoms with E-state index >= 15 is 0 Å². The molecular formula is C25H21N3O2S. The van der Waals surface area contributed by atoms with Crippen molar-refractivity contribution < 1.29 is 9.53 Å². The van der Waals surface area contributed by atoms with Gasteiger partial charge in [-0.25, -0.2) is 4.98 Å². The van der Waals surface area contributed by atoms with Crippen LogP contribution in [0.5, 0.6) is 5.75 Å². The summed E-state index contributed by atoms with van der Waals surface area (Å²) < 4.78 is 7.84. The minimum Gasteiger partial charge on any atom is -0.484 e. The highest BCUT2D eigenvalue weighted by Gasteiger charge is 2.17.